The van der Waals surface area contributed by atoms with Crippen molar-refractivity contribution < 1.29 is 19.1 Å². The van der Waals surface area contributed by atoms with Gasteiger partial charge in [0.15, 0.2) is 0 Å². The highest BCUT2D eigenvalue weighted by Gasteiger charge is 2.49. The van der Waals surface area contributed by atoms with E-state index in [4.69, 9.17) is 9.47 Å². The highest BCUT2D eigenvalue weighted by Crippen LogP contribution is 2.50. The predicted molar refractivity (Wildman–Crippen MR) is 107 cm³/mol. The van der Waals surface area contributed by atoms with Gasteiger partial charge in [0.25, 0.3) is 0 Å². The van der Waals surface area contributed by atoms with Gasteiger partial charge in [0.2, 0.25) is 11.4 Å². The van der Waals surface area contributed by atoms with Crippen LogP contribution in [-0.4, -0.2) is 23.4 Å². The van der Waals surface area contributed by atoms with Crippen molar-refractivity contribution in [3.05, 3.63) is 0 Å². The van der Waals surface area contributed by atoms with E-state index in [2.05, 4.69) is 51.8 Å². The molecule has 0 aromatic rings. The number of hydrogen-bond donors (Lipinski definition) is 0. The Morgan fingerprint density at radius 1 is 0.714 bits per heavy atom. The van der Waals surface area contributed by atoms with E-state index in [0.29, 0.717) is 37.5 Å². The zero-order valence-corrected chi connectivity index (χ0v) is 18.9. The predicted octanol–water partition coefficient (Wildman–Crippen LogP) is 5.65. The maximum atomic E-state index is 11.9. The van der Waals surface area contributed by atoms with Crippen LogP contribution in [0, 0.1) is 22.7 Å². The molecule has 0 aromatic heterocycles. The molecule has 2 saturated carbocycles. The minimum Gasteiger partial charge on any atom is -0.436 e. The van der Waals surface area contributed by atoms with Crippen LogP contribution in [0.2, 0.25) is 0 Å². The van der Waals surface area contributed by atoms with Crippen LogP contribution >= 0.6 is 0 Å². The number of esters is 2. The first-order valence-corrected chi connectivity index (χ1v) is 10.5. The van der Waals surface area contributed by atoms with E-state index in [1.54, 1.807) is 0 Å². The van der Waals surface area contributed by atoms with Gasteiger partial charge in [0.1, 0.15) is 0 Å². The third-order valence-corrected chi connectivity index (χ3v) is 5.73. The molecule has 28 heavy (non-hydrogen) atoms. The summed E-state index contributed by atoms with van der Waals surface area (Å²) >= 11 is 0. The number of nitrogens with zero attached hydrogens (tertiary/aromatic N) is 2. The van der Waals surface area contributed by atoms with Crippen molar-refractivity contribution in [3.63, 3.8) is 0 Å². The summed E-state index contributed by atoms with van der Waals surface area (Å²) in [7, 11) is 0. The molecule has 0 N–H and O–H groups in total. The second-order valence-corrected chi connectivity index (χ2v) is 11.0. The summed E-state index contributed by atoms with van der Waals surface area (Å²) in [6.07, 6.45) is 4.59. The molecule has 0 amide bonds. The molecule has 2 rings (SSSR count). The smallest absolute Gasteiger partial charge is 0.304 e. The molecule has 0 bridgehead atoms. The fourth-order valence-corrected chi connectivity index (χ4v) is 5.97. The van der Waals surface area contributed by atoms with E-state index in [-0.39, 0.29) is 22.8 Å². The Labute approximate surface area is 169 Å². The summed E-state index contributed by atoms with van der Waals surface area (Å²) in [5.74, 6) is -0.00708. The largest absolute Gasteiger partial charge is 0.436 e. The van der Waals surface area contributed by atoms with E-state index in [1.807, 2.05) is 0 Å². The summed E-state index contributed by atoms with van der Waals surface area (Å²) in [5.41, 5.74) is -2.02. The Hall–Kier alpha value is -1.46. The quantitative estimate of drug-likeness (QED) is 0.456. The molecule has 2 aliphatic rings. The minimum atomic E-state index is -0.995. The number of hydrogen-bond acceptors (Lipinski definition) is 6. The molecule has 0 saturated heterocycles. The van der Waals surface area contributed by atoms with Crippen LogP contribution in [0.1, 0.15) is 93.9 Å². The van der Waals surface area contributed by atoms with Gasteiger partial charge < -0.3 is 9.47 Å². The van der Waals surface area contributed by atoms with Crippen molar-refractivity contribution in [2.45, 2.75) is 105 Å². The monoisotopic (exact) mass is 394 g/mol. The van der Waals surface area contributed by atoms with Gasteiger partial charge in [-0.3, -0.25) is 9.59 Å². The fourth-order valence-electron chi connectivity index (χ4n) is 5.97. The van der Waals surface area contributed by atoms with Crippen LogP contribution < -0.4 is 0 Å². The third-order valence-electron chi connectivity index (χ3n) is 5.73. The molecule has 4 atom stereocenters. The van der Waals surface area contributed by atoms with Crippen LogP contribution in [0.3, 0.4) is 0 Å². The van der Waals surface area contributed by atoms with Gasteiger partial charge in [0, 0.05) is 39.5 Å². The van der Waals surface area contributed by atoms with E-state index in [9.17, 15) is 9.59 Å². The minimum absolute atomic E-state index is 0.0140. The summed E-state index contributed by atoms with van der Waals surface area (Å²) in [6, 6.07) is 0. The SMILES string of the molecule is CC(=O)OC1(N=NC2(OC(C)=O)CC(C)CC(C)(C)C2)CC(C)CC(C)(C)C1. The Morgan fingerprint density at radius 2 is 1.04 bits per heavy atom. The third kappa shape index (κ3) is 6.02. The van der Waals surface area contributed by atoms with Gasteiger partial charge in [-0.25, -0.2) is 0 Å². The van der Waals surface area contributed by atoms with E-state index < -0.39 is 11.4 Å². The Bertz CT molecular complexity index is 588. The van der Waals surface area contributed by atoms with Gasteiger partial charge in [-0.2, -0.15) is 0 Å². The van der Waals surface area contributed by atoms with Crippen LogP contribution in [-0.2, 0) is 19.1 Å². The molecule has 0 radical (unpaired) electrons. The molecular weight excluding hydrogens is 356 g/mol. The highest BCUT2D eigenvalue weighted by atomic mass is 16.6. The molecule has 4 unspecified atom stereocenters. The average Bonchev–Trinajstić information content (AvgIpc) is 2.38. The topological polar surface area (TPSA) is 77.3 Å². The number of ether oxygens (including phenoxy) is 2. The van der Waals surface area contributed by atoms with E-state index in [1.165, 1.54) is 13.8 Å². The number of carbonyl (C=O) groups is 2. The molecule has 0 heterocycles. The van der Waals surface area contributed by atoms with Crippen LogP contribution in [0.5, 0.6) is 0 Å². The molecule has 2 aliphatic carbocycles. The number of rotatable bonds is 4. The first-order chi connectivity index (χ1) is 12.7. The van der Waals surface area contributed by atoms with Gasteiger partial charge in [0.05, 0.1) is 0 Å². The molecule has 6 nitrogen and oxygen atoms in total. The van der Waals surface area contributed by atoms with Crippen LogP contribution in [0.25, 0.3) is 0 Å². The van der Waals surface area contributed by atoms with E-state index in [0.717, 1.165) is 12.8 Å². The van der Waals surface area contributed by atoms with Crippen LogP contribution in [0.4, 0.5) is 0 Å². The molecule has 0 spiro atoms. The lowest BCUT2D eigenvalue weighted by molar-refractivity contribution is -0.176. The number of carbonyl (C=O) groups excluding carboxylic acids is 2. The zero-order valence-electron chi connectivity index (χ0n) is 18.9. The second kappa shape index (κ2) is 7.75. The molecular formula is C22H38N2O4. The summed E-state index contributed by atoms with van der Waals surface area (Å²) in [5, 5.41) is 9.31. The Balaban J connectivity index is 2.43. The maximum absolute atomic E-state index is 11.9. The Kier molecular flexibility index (Phi) is 6.32. The first-order valence-electron chi connectivity index (χ1n) is 10.5. The normalized spacial score (nSPS) is 37.4. The van der Waals surface area contributed by atoms with Gasteiger partial charge >= 0.3 is 11.9 Å². The first kappa shape index (κ1) is 22.8. The molecule has 0 aliphatic heterocycles. The van der Waals surface area contributed by atoms with Gasteiger partial charge in [-0.1, -0.05) is 41.5 Å². The van der Waals surface area contributed by atoms with E-state index >= 15 is 0 Å². The molecule has 6 heteroatoms. The van der Waals surface area contributed by atoms with Crippen molar-refractivity contribution in [1.82, 2.24) is 0 Å². The lowest BCUT2D eigenvalue weighted by Crippen LogP contribution is -2.46. The second-order valence-electron chi connectivity index (χ2n) is 11.0. The summed E-state index contributed by atoms with van der Waals surface area (Å²) in [4.78, 5) is 23.8. The fraction of sp³-hybridized carbons (Fsp3) is 0.909. The molecule has 160 valence electrons. The standard InChI is InChI=1S/C22H38N2O4/c1-15-9-19(5,6)13-21(11-15,27-17(3)25)23-24-22(28-18(4)26)12-16(2)10-20(7,8)14-22/h15-16H,9-14H2,1-8H3. The summed E-state index contributed by atoms with van der Waals surface area (Å²) in [6.45, 7) is 15.8. The lowest BCUT2D eigenvalue weighted by Gasteiger charge is -2.46. The highest BCUT2D eigenvalue weighted by molar-refractivity contribution is 5.67. The number of azo groups is 1. The Morgan fingerprint density at radius 3 is 1.29 bits per heavy atom. The molecule has 0 aromatic carbocycles. The van der Waals surface area contributed by atoms with Gasteiger partial charge in [-0.15, -0.1) is 10.2 Å². The van der Waals surface area contributed by atoms with Crippen molar-refractivity contribution in [2.24, 2.45) is 32.9 Å². The van der Waals surface area contributed by atoms with Gasteiger partial charge in [-0.05, 0) is 35.5 Å². The van der Waals surface area contributed by atoms with Crippen LogP contribution in [0.15, 0.2) is 10.2 Å². The van der Waals surface area contributed by atoms with Crippen molar-refractivity contribution in [3.8, 4) is 0 Å². The maximum Gasteiger partial charge on any atom is 0.304 e. The lowest BCUT2D eigenvalue weighted by atomic mass is 9.68. The zero-order chi connectivity index (χ0) is 21.4. The average molecular weight is 395 g/mol. The van der Waals surface area contributed by atoms with Crippen molar-refractivity contribution in [1.29, 1.82) is 0 Å². The van der Waals surface area contributed by atoms with Crippen molar-refractivity contribution >= 4 is 11.9 Å². The molecule has 2 fully saturated rings. The summed E-state index contributed by atoms with van der Waals surface area (Å²) < 4.78 is 11.5. The van der Waals surface area contributed by atoms with Crippen molar-refractivity contribution in [2.75, 3.05) is 0 Å².